The summed E-state index contributed by atoms with van der Waals surface area (Å²) in [7, 11) is -3.11. The minimum absolute atomic E-state index is 0.137. The van der Waals surface area contributed by atoms with Crippen molar-refractivity contribution in [2.75, 3.05) is 0 Å². The highest BCUT2D eigenvalue weighted by Gasteiger charge is 2.27. The predicted octanol–water partition coefficient (Wildman–Crippen LogP) is 4.88. The van der Waals surface area contributed by atoms with Crippen molar-refractivity contribution >= 4 is 19.2 Å². The first-order chi connectivity index (χ1) is 8.31. The van der Waals surface area contributed by atoms with Crippen LogP contribution in [0.25, 0.3) is 0 Å². The summed E-state index contributed by atoms with van der Waals surface area (Å²) < 4.78 is 23.6. The lowest BCUT2D eigenvalue weighted by atomic mass is 10.2. The minimum atomic E-state index is -3.11. The first-order valence-electron chi connectivity index (χ1n) is 6.01. The molecule has 0 bridgehead atoms. The fourth-order valence-electron chi connectivity index (χ4n) is 1.56. The first kappa shape index (κ1) is 15.7. The summed E-state index contributed by atoms with van der Waals surface area (Å²) in [4.78, 5) is 0. The van der Waals surface area contributed by atoms with Gasteiger partial charge in [0.25, 0.3) is 0 Å². The van der Waals surface area contributed by atoms with E-state index in [1.807, 2.05) is 39.8 Å². The zero-order valence-electron chi connectivity index (χ0n) is 11.2. The number of benzene rings is 1. The highest BCUT2D eigenvalue weighted by molar-refractivity contribution is 7.53. The monoisotopic (exact) mass is 290 g/mol. The van der Waals surface area contributed by atoms with Crippen molar-refractivity contribution in [2.24, 2.45) is 0 Å². The lowest BCUT2D eigenvalue weighted by Gasteiger charge is -2.22. The molecular weight excluding hydrogens is 271 g/mol. The van der Waals surface area contributed by atoms with E-state index in [0.29, 0.717) is 5.02 Å². The molecule has 1 aromatic carbocycles. The Morgan fingerprint density at radius 3 is 1.89 bits per heavy atom. The van der Waals surface area contributed by atoms with Crippen LogP contribution >= 0.6 is 19.2 Å². The predicted molar refractivity (Wildman–Crippen MR) is 75.2 cm³/mol. The molecule has 0 aliphatic carbocycles. The van der Waals surface area contributed by atoms with Crippen molar-refractivity contribution in [3.8, 4) is 0 Å². The summed E-state index contributed by atoms with van der Waals surface area (Å²) in [5.41, 5.74) is 0.893. The van der Waals surface area contributed by atoms with Gasteiger partial charge in [0.2, 0.25) is 0 Å². The Balaban J connectivity index is 2.84. The van der Waals surface area contributed by atoms with Crippen molar-refractivity contribution in [2.45, 2.75) is 46.1 Å². The van der Waals surface area contributed by atoms with E-state index in [0.717, 1.165) is 5.56 Å². The highest BCUT2D eigenvalue weighted by atomic mass is 35.5. The molecule has 102 valence electrons. The van der Waals surface area contributed by atoms with Crippen LogP contribution in [0.4, 0.5) is 0 Å². The number of halogens is 1. The fraction of sp³-hybridized carbons (Fsp3) is 0.538. The van der Waals surface area contributed by atoms with Crippen molar-refractivity contribution in [1.29, 1.82) is 0 Å². The molecule has 1 aromatic rings. The minimum Gasteiger partial charge on any atom is -0.306 e. The number of rotatable bonds is 6. The third-order valence-corrected chi connectivity index (χ3v) is 4.52. The van der Waals surface area contributed by atoms with Gasteiger partial charge in [-0.3, -0.25) is 4.57 Å². The highest BCUT2D eigenvalue weighted by Crippen LogP contribution is 2.53. The Labute approximate surface area is 114 Å². The molecule has 0 radical (unpaired) electrons. The molecule has 0 heterocycles. The molecule has 0 aromatic heterocycles. The third-order valence-electron chi connectivity index (χ3n) is 2.03. The Hall–Kier alpha value is -0.340. The Morgan fingerprint density at radius 1 is 1.06 bits per heavy atom. The van der Waals surface area contributed by atoms with Crippen molar-refractivity contribution in [3.63, 3.8) is 0 Å². The summed E-state index contributed by atoms with van der Waals surface area (Å²) in [6.07, 6.45) is -0.00988. The van der Waals surface area contributed by atoms with Gasteiger partial charge < -0.3 is 9.05 Å². The first-order valence-corrected chi connectivity index (χ1v) is 8.11. The molecule has 18 heavy (non-hydrogen) atoms. The van der Waals surface area contributed by atoms with E-state index in [9.17, 15) is 4.57 Å². The zero-order chi connectivity index (χ0) is 13.8. The SMILES string of the molecule is CC(C)OP(=O)(Cc1ccc(Cl)cc1)OC(C)C. The molecule has 0 aliphatic heterocycles. The molecule has 0 amide bonds. The van der Waals surface area contributed by atoms with Crippen LogP contribution in [0.1, 0.15) is 33.3 Å². The molecule has 5 heteroatoms. The molecule has 1 rings (SSSR count). The van der Waals surface area contributed by atoms with Gasteiger partial charge in [-0.2, -0.15) is 0 Å². The van der Waals surface area contributed by atoms with Crippen LogP contribution in [0.15, 0.2) is 24.3 Å². The molecule has 0 atom stereocenters. The van der Waals surface area contributed by atoms with Gasteiger partial charge in [-0.05, 0) is 45.4 Å². The van der Waals surface area contributed by atoms with Gasteiger partial charge >= 0.3 is 7.60 Å². The van der Waals surface area contributed by atoms with Gasteiger partial charge in [0.05, 0.1) is 18.4 Å². The third kappa shape index (κ3) is 5.53. The summed E-state index contributed by atoms with van der Waals surface area (Å²) >= 11 is 5.82. The van der Waals surface area contributed by atoms with Crippen LogP contribution in [0.5, 0.6) is 0 Å². The van der Waals surface area contributed by atoms with Gasteiger partial charge in [-0.1, -0.05) is 23.7 Å². The average Bonchev–Trinajstić information content (AvgIpc) is 2.18. The molecular formula is C13H20ClO3P. The summed E-state index contributed by atoms with van der Waals surface area (Å²) in [5, 5.41) is 0.656. The molecule has 0 saturated carbocycles. The molecule has 0 N–H and O–H groups in total. The maximum absolute atomic E-state index is 12.6. The lowest BCUT2D eigenvalue weighted by Crippen LogP contribution is -2.09. The molecule has 3 nitrogen and oxygen atoms in total. The van der Waals surface area contributed by atoms with E-state index >= 15 is 0 Å². The van der Waals surface area contributed by atoms with E-state index in [-0.39, 0.29) is 18.4 Å². The zero-order valence-corrected chi connectivity index (χ0v) is 12.9. The van der Waals surface area contributed by atoms with Crippen LogP contribution < -0.4 is 0 Å². The summed E-state index contributed by atoms with van der Waals surface area (Å²) in [6.45, 7) is 7.38. The van der Waals surface area contributed by atoms with Crippen LogP contribution in [0, 0.1) is 0 Å². The van der Waals surface area contributed by atoms with E-state index in [2.05, 4.69) is 0 Å². The van der Waals surface area contributed by atoms with Crippen molar-refractivity contribution in [3.05, 3.63) is 34.9 Å². The maximum Gasteiger partial charge on any atom is 0.335 e. The fourth-order valence-corrected chi connectivity index (χ4v) is 3.82. The Bertz CT molecular complexity index is 401. The second-order valence-corrected chi connectivity index (χ2v) is 7.10. The second-order valence-electron chi connectivity index (χ2n) is 4.70. The van der Waals surface area contributed by atoms with Gasteiger partial charge in [-0.25, -0.2) is 0 Å². The van der Waals surface area contributed by atoms with Crippen molar-refractivity contribution < 1.29 is 13.6 Å². The smallest absolute Gasteiger partial charge is 0.306 e. The van der Waals surface area contributed by atoms with Crippen LogP contribution in [-0.2, 0) is 19.8 Å². The Morgan fingerprint density at radius 2 is 1.50 bits per heavy atom. The maximum atomic E-state index is 12.6. The molecule has 0 spiro atoms. The van der Waals surface area contributed by atoms with Crippen LogP contribution in [0.3, 0.4) is 0 Å². The molecule has 0 saturated heterocycles. The molecule has 0 unspecified atom stereocenters. The van der Waals surface area contributed by atoms with Gasteiger partial charge in [0, 0.05) is 5.02 Å². The largest absolute Gasteiger partial charge is 0.335 e. The van der Waals surface area contributed by atoms with Crippen LogP contribution in [0.2, 0.25) is 5.02 Å². The summed E-state index contributed by atoms with van der Waals surface area (Å²) in [5.74, 6) is 0. The average molecular weight is 291 g/mol. The van der Waals surface area contributed by atoms with E-state index in [1.165, 1.54) is 0 Å². The van der Waals surface area contributed by atoms with Crippen molar-refractivity contribution in [1.82, 2.24) is 0 Å². The number of hydrogen-bond donors (Lipinski definition) is 0. The summed E-state index contributed by atoms with van der Waals surface area (Å²) in [6, 6.07) is 7.21. The standard InChI is InChI=1S/C13H20ClO3P/c1-10(2)16-18(15,17-11(3)4)9-12-5-7-13(14)8-6-12/h5-8,10-11H,9H2,1-4H3. The number of hydrogen-bond acceptors (Lipinski definition) is 3. The van der Waals surface area contributed by atoms with E-state index < -0.39 is 7.60 Å². The topological polar surface area (TPSA) is 35.5 Å². The Kier molecular flexibility index (Phi) is 5.87. The van der Waals surface area contributed by atoms with Gasteiger partial charge in [0.1, 0.15) is 0 Å². The van der Waals surface area contributed by atoms with E-state index in [4.69, 9.17) is 20.6 Å². The molecule has 0 aliphatic rings. The normalized spacial score (nSPS) is 12.4. The quantitative estimate of drug-likeness (QED) is 0.700. The molecule has 0 fully saturated rings. The van der Waals surface area contributed by atoms with E-state index in [1.54, 1.807) is 12.1 Å². The van der Waals surface area contributed by atoms with Gasteiger partial charge in [-0.15, -0.1) is 0 Å². The lowest BCUT2D eigenvalue weighted by molar-refractivity contribution is 0.141. The second kappa shape index (κ2) is 6.72. The van der Waals surface area contributed by atoms with Crippen LogP contribution in [-0.4, -0.2) is 12.2 Å². The van der Waals surface area contributed by atoms with Gasteiger partial charge in [0.15, 0.2) is 0 Å².